The summed E-state index contributed by atoms with van der Waals surface area (Å²) in [5.41, 5.74) is -1.16. The third kappa shape index (κ3) is 3.88. The Bertz CT molecular complexity index is 321. The molecule has 1 aliphatic rings. The summed E-state index contributed by atoms with van der Waals surface area (Å²) in [6.45, 7) is 2.88. The predicted octanol–water partition coefficient (Wildman–Crippen LogP) is 0.475. The lowest BCUT2D eigenvalue weighted by Gasteiger charge is -2.17. The van der Waals surface area contributed by atoms with Crippen LogP contribution in [-0.2, 0) is 9.59 Å². The average molecular weight is 228 g/mol. The zero-order chi connectivity index (χ0) is 12.3. The van der Waals surface area contributed by atoms with Crippen LogP contribution in [0.25, 0.3) is 0 Å². The van der Waals surface area contributed by atoms with Gasteiger partial charge in [0.2, 0.25) is 5.91 Å². The van der Waals surface area contributed by atoms with Crippen molar-refractivity contribution in [3.63, 3.8) is 0 Å². The zero-order valence-electron chi connectivity index (χ0n) is 9.37. The molecule has 0 radical (unpaired) electrons. The molecule has 0 bridgehead atoms. The van der Waals surface area contributed by atoms with Crippen molar-refractivity contribution in [3.05, 3.63) is 0 Å². The third-order valence-electron chi connectivity index (χ3n) is 2.35. The maximum Gasteiger partial charge on any atom is 0.321 e. The van der Waals surface area contributed by atoms with Gasteiger partial charge in [-0.15, -0.1) is 0 Å². The highest BCUT2D eigenvalue weighted by Crippen LogP contribution is 2.20. The summed E-state index contributed by atoms with van der Waals surface area (Å²) in [7, 11) is 0. The van der Waals surface area contributed by atoms with E-state index in [-0.39, 0.29) is 12.5 Å². The molecule has 0 aromatic heterocycles. The first kappa shape index (κ1) is 12.5. The second-order valence-corrected chi connectivity index (χ2v) is 4.66. The average Bonchev–Trinajstić information content (AvgIpc) is 2.85. The molecule has 0 saturated heterocycles. The molecule has 0 aliphatic heterocycles. The summed E-state index contributed by atoms with van der Waals surface area (Å²) in [6, 6.07) is -0.381. The minimum absolute atomic E-state index is 0.167. The highest BCUT2D eigenvalue weighted by Gasteiger charge is 2.31. The van der Waals surface area contributed by atoms with E-state index in [1.165, 1.54) is 13.8 Å². The zero-order valence-corrected chi connectivity index (χ0v) is 9.37. The Morgan fingerprint density at radius 2 is 1.88 bits per heavy atom. The maximum atomic E-state index is 11.3. The topological polar surface area (TPSA) is 95.5 Å². The normalized spacial score (nSPS) is 15.4. The van der Waals surface area contributed by atoms with Gasteiger partial charge >= 0.3 is 12.0 Å². The number of carbonyl (C=O) groups is 3. The van der Waals surface area contributed by atoms with E-state index >= 15 is 0 Å². The Labute approximate surface area is 93.4 Å². The lowest BCUT2D eigenvalue weighted by atomic mass is 9.89. The predicted molar refractivity (Wildman–Crippen MR) is 55.7 cm³/mol. The molecule has 16 heavy (non-hydrogen) atoms. The van der Waals surface area contributed by atoms with E-state index in [4.69, 9.17) is 5.11 Å². The molecular weight excluding hydrogens is 212 g/mol. The van der Waals surface area contributed by atoms with Crippen molar-refractivity contribution in [2.75, 3.05) is 0 Å². The van der Waals surface area contributed by atoms with E-state index in [1.54, 1.807) is 0 Å². The summed E-state index contributed by atoms with van der Waals surface area (Å²) in [4.78, 5) is 33.3. The minimum atomic E-state index is -1.16. The molecule has 1 fully saturated rings. The molecule has 3 amide bonds. The van der Waals surface area contributed by atoms with Gasteiger partial charge in [0.1, 0.15) is 0 Å². The number of aliphatic carboxylic acids is 1. The summed E-state index contributed by atoms with van der Waals surface area (Å²) in [5, 5.41) is 13.5. The van der Waals surface area contributed by atoms with Crippen LogP contribution in [0.15, 0.2) is 0 Å². The van der Waals surface area contributed by atoms with Gasteiger partial charge in [-0.05, 0) is 26.7 Å². The maximum absolute atomic E-state index is 11.3. The molecule has 1 aliphatic carbocycles. The highest BCUT2D eigenvalue weighted by molar-refractivity contribution is 5.96. The number of urea groups is 1. The Balaban J connectivity index is 2.34. The Hall–Kier alpha value is -1.59. The minimum Gasteiger partial charge on any atom is -0.481 e. The van der Waals surface area contributed by atoms with Crippen LogP contribution in [-0.4, -0.2) is 29.1 Å². The molecule has 0 atom stereocenters. The van der Waals surface area contributed by atoms with Crippen LogP contribution in [0.5, 0.6) is 0 Å². The molecule has 0 aromatic carbocycles. The number of carboxylic acid groups (broad SMARTS) is 1. The number of carboxylic acids is 1. The summed E-state index contributed by atoms with van der Waals surface area (Å²) in [5.74, 6) is -1.64. The second-order valence-electron chi connectivity index (χ2n) is 4.66. The number of amides is 3. The van der Waals surface area contributed by atoms with E-state index < -0.39 is 23.3 Å². The number of nitrogens with one attached hydrogen (secondary N) is 2. The highest BCUT2D eigenvalue weighted by atomic mass is 16.4. The number of hydrogen-bond acceptors (Lipinski definition) is 3. The van der Waals surface area contributed by atoms with Gasteiger partial charge in [-0.2, -0.15) is 0 Å². The summed E-state index contributed by atoms with van der Waals surface area (Å²) in [6.07, 6.45) is 1.64. The number of hydrogen-bond donors (Lipinski definition) is 3. The fourth-order valence-corrected chi connectivity index (χ4v) is 1.10. The molecule has 90 valence electrons. The van der Waals surface area contributed by atoms with Gasteiger partial charge in [0.25, 0.3) is 0 Å². The van der Waals surface area contributed by atoms with Gasteiger partial charge in [0.05, 0.1) is 5.41 Å². The Morgan fingerprint density at radius 1 is 1.31 bits per heavy atom. The number of imide groups is 1. The fourth-order valence-electron chi connectivity index (χ4n) is 1.10. The monoisotopic (exact) mass is 228 g/mol. The van der Waals surface area contributed by atoms with Crippen molar-refractivity contribution < 1.29 is 19.5 Å². The molecule has 0 aromatic rings. The van der Waals surface area contributed by atoms with Crippen LogP contribution in [0.3, 0.4) is 0 Å². The first-order valence-corrected chi connectivity index (χ1v) is 5.15. The van der Waals surface area contributed by atoms with Crippen molar-refractivity contribution in [2.45, 2.75) is 39.2 Å². The van der Waals surface area contributed by atoms with Crippen molar-refractivity contribution in [1.82, 2.24) is 10.6 Å². The van der Waals surface area contributed by atoms with Crippen LogP contribution < -0.4 is 10.6 Å². The van der Waals surface area contributed by atoms with Crippen molar-refractivity contribution in [1.29, 1.82) is 0 Å². The van der Waals surface area contributed by atoms with Crippen LogP contribution in [0.2, 0.25) is 0 Å². The lowest BCUT2D eigenvalue weighted by Crippen LogP contribution is -2.42. The molecule has 3 N–H and O–H groups in total. The van der Waals surface area contributed by atoms with Crippen LogP contribution in [0.4, 0.5) is 4.79 Å². The number of rotatable bonds is 4. The van der Waals surface area contributed by atoms with Crippen LogP contribution >= 0.6 is 0 Å². The van der Waals surface area contributed by atoms with Crippen LogP contribution in [0, 0.1) is 5.41 Å². The van der Waals surface area contributed by atoms with Crippen LogP contribution in [0.1, 0.15) is 33.1 Å². The fraction of sp³-hybridized carbons (Fsp3) is 0.700. The van der Waals surface area contributed by atoms with Gasteiger partial charge in [0, 0.05) is 12.5 Å². The quantitative estimate of drug-likeness (QED) is 0.652. The van der Waals surface area contributed by atoms with Gasteiger partial charge in [0.15, 0.2) is 0 Å². The van der Waals surface area contributed by atoms with Gasteiger partial charge in [-0.25, -0.2) is 4.79 Å². The largest absolute Gasteiger partial charge is 0.481 e. The molecular formula is C10H16N2O4. The van der Waals surface area contributed by atoms with Gasteiger partial charge in [-0.1, -0.05) is 0 Å². The molecule has 1 saturated carbocycles. The molecule has 6 heteroatoms. The smallest absolute Gasteiger partial charge is 0.321 e. The SMILES string of the molecule is CC(C)(CC(=O)NC(=O)NC1CC1)C(=O)O. The van der Waals surface area contributed by atoms with Gasteiger partial charge in [-0.3, -0.25) is 14.9 Å². The van der Waals surface area contributed by atoms with E-state index in [1.807, 2.05) is 0 Å². The van der Waals surface area contributed by atoms with E-state index in [0.29, 0.717) is 0 Å². The van der Waals surface area contributed by atoms with Crippen molar-refractivity contribution >= 4 is 17.9 Å². The van der Waals surface area contributed by atoms with E-state index in [9.17, 15) is 14.4 Å². The first-order chi connectivity index (χ1) is 7.31. The molecule has 6 nitrogen and oxygen atoms in total. The van der Waals surface area contributed by atoms with Crippen molar-refractivity contribution in [3.8, 4) is 0 Å². The summed E-state index contributed by atoms with van der Waals surface area (Å²) >= 11 is 0. The number of carbonyl (C=O) groups excluding carboxylic acids is 2. The lowest BCUT2D eigenvalue weighted by molar-refractivity contribution is -0.149. The molecule has 1 rings (SSSR count). The first-order valence-electron chi connectivity index (χ1n) is 5.15. The second kappa shape index (κ2) is 4.51. The third-order valence-corrected chi connectivity index (χ3v) is 2.35. The summed E-state index contributed by atoms with van der Waals surface area (Å²) < 4.78 is 0. The molecule has 0 unspecified atom stereocenters. The molecule has 0 heterocycles. The van der Waals surface area contributed by atoms with E-state index in [0.717, 1.165) is 12.8 Å². The Morgan fingerprint density at radius 3 is 2.31 bits per heavy atom. The Kier molecular flexibility index (Phi) is 3.51. The van der Waals surface area contributed by atoms with Crippen molar-refractivity contribution in [2.24, 2.45) is 5.41 Å². The van der Waals surface area contributed by atoms with E-state index in [2.05, 4.69) is 10.6 Å². The van der Waals surface area contributed by atoms with Gasteiger partial charge < -0.3 is 10.4 Å². The standard InChI is InChI=1S/C10H16N2O4/c1-10(2,8(14)15)5-7(13)12-9(16)11-6-3-4-6/h6H,3-5H2,1-2H3,(H,14,15)(H2,11,12,13,16). The molecule has 0 spiro atoms.